The molecule has 3 aliphatic heterocycles. The van der Waals surface area contributed by atoms with Crippen molar-refractivity contribution in [2.24, 2.45) is 0 Å². The fourth-order valence-electron chi connectivity index (χ4n) is 13.1. The Balaban J connectivity index is 0.000000280. The summed E-state index contributed by atoms with van der Waals surface area (Å²) in [6.07, 6.45) is 0.645. The second-order valence-electron chi connectivity index (χ2n) is 39.1. The topological polar surface area (TPSA) is 197 Å². The van der Waals surface area contributed by atoms with Crippen molar-refractivity contribution < 1.29 is 62.5 Å². The Morgan fingerprint density at radius 1 is 0.327 bits per heavy atom. The molecule has 20 heteroatoms. The molecule has 0 spiro atoms. The first kappa shape index (κ1) is 90.8. The Hall–Kier alpha value is -3.79. The highest BCUT2D eigenvalue weighted by Gasteiger charge is 2.45. The van der Waals surface area contributed by atoms with Gasteiger partial charge >= 0.3 is 72.3 Å². The van der Waals surface area contributed by atoms with Crippen LogP contribution in [0.3, 0.4) is 0 Å². The average Bonchev–Trinajstić information content (AvgIpc) is 0.746. The van der Waals surface area contributed by atoms with Crippen LogP contribution >= 0.6 is 23.5 Å². The van der Waals surface area contributed by atoms with E-state index in [4.69, 9.17) is 37.9 Å². The van der Waals surface area contributed by atoms with E-state index in [0.717, 1.165) is 111 Å². The SMILES string of the molecule is CC1c2cc(C(C)(C)C)cc(C(C)(C)C)c2OP(=O)([O][AlH])Oc2c1cc(C(C)(C)C)cc2C(C)(C)C.Cc1cc2c(c(C(C)(C)C)c1)OP(=O)([O][AlH])Oc1c(cc(C)cc1C(C)(C)C)C2.O.O.[CH3][AlH][O]P1(=O)Oc2c(cc(C(C)(C)C)cc2C(C)(C)C)C(C)c2cc(C(C)(C)C)cc(C(C)(C)C)c2O1. The molecule has 6 aromatic carbocycles. The lowest BCUT2D eigenvalue weighted by Gasteiger charge is -2.37. The Labute approximate surface area is 651 Å². The number of hydrogen-bond acceptors (Lipinski definition) is 12. The number of rotatable bonds is 4. The third-order valence-corrected chi connectivity index (χ3v) is 26.7. The van der Waals surface area contributed by atoms with Gasteiger partial charge in [-0.05, 0) is 101 Å². The molecule has 6 aromatic rings. The molecule has 0 aromatic heterocycles. The lowest BCUT2D eigenvalue weighted by Crippen LogP contribution is -2.24. The highest BCUT2D eigenvalue weighted by molar-refractivity contribution is 7.51. The molecule has 0 saturated heterocycles. The molecule has 14 nitrogen and oxygen atoms in total. The van der Waals surface area contributed by atoms with Gasteiger partial charge in [0.15, 0.2) is 0 Å². The van der Waals surface area contributed by atoms with Gasteiger partial charge in [-0.2, -0.15) is 0 Å². The maximum Gasteiger partial charge on any atom is 0.558 e. The molecule has 9 rings (SSSR count). The molecule has 0 atom stereocenters. The first-order valence-electron chi connectivity index (χ1n) is 36.4. The van der Waals surface area contributed by atoms with Crippen molar-refractivity contribution in [2.75, 3.05) is 0 Å². The van der Waals surface area contributed by atoms with Crippen molar-refractivity contribution in [3.05, 3.63) is 173 Å². The molecular weight excluding hydrogens is 1410 g/mol. The zero-order valence-corrected chi connectivity index (χ0v) is 77.1. The summed E-state index contributed by atoms with van der Waals surface area (Å²) in [5, 5.41) is 0. The molecule has 2 radical (unpaired) electrons. The van der Waals surface area contributed by atoms with Crippen LogP contribution in [0, 0.1) is 13.8 Å². The van der Waals surface area contributed by atoms with Crippen LogP contribution in [0.4, 0.5) is 0 Å². The number of fused-ring (bicyclic) bond motifs is 6. The normalized spacial score (nSPS) is 19.1. The van der Waals surface area contributed by atoms with E-state index >= 15 is 0 Å². The first-order valence-corrected chi connectivity index (χ1v) is 44.0. The highest BCUT2D eigenvalue weighted by atomic mass is 31.2. The number of phosphoric ester groups is 3. The minimum absolute atomic E-state index is 0. The maximum absolute atomic E-state index is 14.3. The molecule has 0 fully saturated rings. The minimum Gasteiger partial charge on any atom is -0.412 e. The molecule has 4 N–H and O–H groups in total. The van der Waals surface area contributed by atoms with Crippen molar-refractivity contribution >= 4 is 72.3 Å². The fraction of sp³-hybridized carbons (Fsp3) is 0.571. The Bertz CT molecular complexity index is 4040. The highest BCUT2D eigenvalue weighted by Crippen LogP contribution is 2.63. The second-order valence-corrected chi connectivity index (χ2v) is 46.5. The van der Waals surface area contributed by atoms with E-state index in [-0.39, 0.29) is 76.9 Å². The Morgan fingerprint density at radius 2 is 0.529 bits per heavy atom. The van der Waals surface area contributed by atoms with Gasteiger partial charge < -0.3 is 48.8 Å². The summed E-state index contributed by atoms with van der Waals surface area (Å²) in [5.74, 6) is 5.61. The van der Waals surface area contributed by atoms with Gasteiger partial charge in [-0.25, -0.2) is 13.7 Å². The van der Waals surface area contributed by atoms with Gasteiger partial charge in [0.05, 0.1) is 0 Å². The number of aryl methyl sites for hydroxylation is 2. The largest absolute Gasteiger partial charge is 0.558 e. The third-order valence-electron chi connectivity index (χ3n) is 19.5. The molecule has 0 bridgehead atoms. The summed E-state index contributed by atoms with van der Waals surface area (Å²) in [4.78, 5) is 0. The summed E-state index contributed by atoms with van der Waals surface area (Å²) in [6.45, 7) is 74.1. The van der Waals surface area contributed by atoms with E-state index < -0.39 is 39.0 Å². The molecule has 0 aliphatic carbocycles. The molecule has 0 amide bonds. The Kier molecular flexibility index (Phi) is 27.2. The van der Waals surface area contributed by atoms with Crippen molar-refractivity contribution in [3.8, 4) is 34.5 Å². The quantitative estimate of drug-likeness (QED) is 0.120. The standard InChI is InChI=1S/2C30H45O4P.C23H31O4P.CH3.3Al.2H2O.3H/c2*1-18-21-14-19(27(2,3)4)16-23(29(8,9)10)25(21)33-35(31,32)34-26-22(18)15-20(28(5,6)7)17-24(26)30(11,12)13;1-14-9-16-13-17-10-15(2)12-19(23(6,7)8)21(17)27-28(24,25)26-20(16)18(11-14)22(3,4)5;;;;;;;;;/h2*14-18H,1-13H3,(H,31,32);9-12H,13H2,1-8H3,(H,24,25);1H3;;;;2*1H2;;;/q;;;;3*+1;;;;;/p-3. The van der Waals surface area contributed by atoms with Gasteiger partial charge in [-0.1, -0.05) is 311 Å². The summed E-state index contributed by atoms with van der Waals surface area (Å²) >= 11 is 1.21. The van der Waals surface area contributed by atoms with Crippen LogP contribution in [0.15, 0.2) is 72.8 Å². The van der Waals surface area contributed by atoms with Gasteiger partial charge in [0.2, 0.25) is 0 Å². The molecule has 104 heavy (non-hydrogen) atoms. The van der Waals surface area contributed by atoms with Crippen molar-refractivity contribution in [2.45, 2.75) is 314 Å². The summed E-state index contributed by atoms with van der Waals surface area (Å²) < 4.78 is 96.4. The molecule has 3 heterocycles. The van der Waals surface area contributed by atoms with Crippen LogP contribution < -0.4 is 27.1 Å². The zero-order valence-electron chi connectivity index (χ0n) is 70.2. The molecular formula is C84H128Al3O14P3. The van der Waals surface area contributed by atoms with Crippen LogP contribution in [0.5, 0.6) is 34.5 Å². The Morgan fingerprint density at radius 3 is 0.721 bits per heavy atom. The molecule has 572 valence electrons. The zero-order chi connectivity index (χ0) is 77.8. The van der Waals surface area contributed by atoms with Gasteiger partial charge in [0, 0.05) is 73.9 Å². The van der Waals surface area contributed by atoms with Crippen molar-refractivity contribution in [1.82, 2.24) is 0 Å². The van der Waals surface area contributed by atoms with E-state index in [1.807, 2.05) is 5.79 Å². The van der Waals surface area contributed by atoms with E-state index in [9.17, 15) is 13.7 Å². The smallest absolute Gasteiger partial charge is 0.412 e. The fourth-order valence-corrected chi connectivity index (χ4v) is 18.4. The van der Waals surface area contributed by atoms with Crippen LogP contribution in [-0.4, -0.2) is 59.8 Å². The van der Waals surface area contributed by atoms with Gasteiger partial charge in [-0.3, -0.25) is 0 Å². The molecule has 3 aliphatic rings. The van der Waals surface area contributed by atoms with Gasteiger partial charge in [0.1, 0.15) is 34.5 Å². The van der Waals surface area contributed by atoms with E-state index in [2.05, 4.69) is 308 Å². The van der Waals surface area contributed by atoms with Crippen LogP contribution in [0.25, 0.3) is 0 Å². The van der Waals surface area contributed by atoms with Crippen LogP contribution in [0.1, 0.15) is 334 Å². The monoisotopic (exact) mass is 1530 g/mol. The van der Waals surface area contributed by atoms with E-state index in [1.54, 1.807) is 0 Å². The van der Waals surface area contributed by atoms with E-state index in [0.29, 0.717) is 40.9 Å². The summed E-state index contributed by atoms with van der Waals surface area (Å²) in [5.41, 5.74) is 17.9. The lowest BCUT2D eigenvalue weighted by molar-refractivity contribution is 0.291. The molecule has 0 saturated carbocycles. The number of hydrogen-bond donors (Lipinski definition) is 0. The second kappa shape index (κ2) is 31.2. The van der Waals surface area contributed by atoms with Gasteiger partial charge in [0.25, 0.3) is 0 Å². The third kappa shape index (κ3) is 20.6. The van der Waals surface area contributed by atoms with Crippen LogP contribution in [-0.2, 0) is 85.0 Å². The summed E-state index contributed by atoms with van der Waals surface area (Å²) in [6, 6.07) is 26.2. The van der Waals surface area contributed by atoms with Gasteiger partial charge in [-0.15, -0.1) is 0 Å². The summed E-state index contributed by atoms with van der Waals surface area (Å²) in [7, 11) is -11.7. The molecule has 0 unspecified atom stereocenters. The van der Waals surface area contributed by atoms with Crippen molar-refractivity contribution in [1.29, 1.82) is 0 Å². The predicted octanol–water partition coefficient (Wildman–Crippen LogP) is 22.6. The minimum atomic E-state index is -3.95. The first-order chi connectivity index (χ1) is 45.9. The number of phosphoric acid groups is 3. The van der Waals surface area contributed by atoms with Crippen LogP contribution in [0.2, 0.25) is 5.79 Å². The predicted molar refractivity (Wildman–Crippen MR) is 437 cm³/mol. The maximum atomic E-state index is 14.3. The number of benzene rings is 6. The van der Waals surface area contributed by atoms with E-state index in [1.165, 1.54) is 22.3 Å². The average molecular weight is 1540 g/mol. The lowest BCUT2D eigenvalue weighted by atomic mass is 9.74. The van der Waals surface area contributed by atoms with Crippen molar-refractivity contribution in [3.63, 3.8) is 0 Å².